The normalized spacial score (nSPS) is 10.7. The van der Waals surface area contributed by atoms with Gasteiger partial charge in [0.2, 0.25) is 5.91 Å². The van der Waals surface area contributed by atoms with E-state index in [4.69, 9.17) is 11.6 Å². The first kappa shape index (κ1) is 17.7. The molecule has 0 radical (unpaired) electrons. The number of hydrogen-bond acceptors (Lipinski definition) is 4. The lowest BCUT2D eigenvalue weighted by Crippen LogP contribution is -2.14. The van der Waals surface area contributed by atoms with Crippen LogP contribution in [0.25, 0.3) is 0 Å². The van der Waals surface area contributed by atoms with Crippen molar-refractivity contribution in [1.82, 2.24) is 9.97 Å². The van der Waals surface area contributed by atoms with Crippen LogP contribution in [-0.4, -0.2) is 22.1 Å². The molecule has 0 saturated carbocycles. The number of carbonyl (C=O) groups is 1. The summed E-state index contributed by atoms with van der Waals surface area (Å²) in [6, 6.07) is 4.50. The molecule has 2 rings (SSSR count). The summed E-state index contributed by atoms with van der Waals surface area (Å²) in [4.78, 5) is 20.8. The van der Waals surface area contributed by atoms with E-state index in [0.717, 1.165) is 17.0 Å². The molecule has 0 unspecified atom stereocenters. The smallest absolute Gasteiger partial charge is 0.224 e. The summed E-state index contributed by atoms with van der Waals surface area (Å²) in [5, 5.41) is 3.24. The SMILES string of the molecule is CSc1nc(C)c(CCC(=O)Nc2cccc(Cl)c2F)c(C)n1. The van der Waals surface area contributed by atoms with Crippen molar-refractivity contribution in [2.45, 2.75) is 31.8 Å². The Bertz CT molecular complexity index is 716. The van der Waals surface area contributed by atoms with Gasteiger partial charge in [-0.05, 0) is 44.2 Å². The van der Waals surface area contributed by atoms with E-state index >= 15 is 0 Å². The van der Waals surface area contributed by atoms with Gasteiger partial charge in [-0.2, -0.15) is 0 Å². The van der Waals surface area contributed by atoms with Crippen molar-refractivity contribution < 1.29 is 9.18 Å². The molecule has 1 heterocycles. The zero-order chi connectivity index (χ0) is 17.0. The van der Waals surface area contributed by atoms with Gasteiger partial charge < -0.3 is 5.32 Å². The van der Waals surface area contributed by atoms with E-state index in [1.807, 2.05) is 20.1 Å². The van der Waals surface area contributed by atoms with Crippen LogP contribution in [0.3, 0.4) is 0 Å². The molecule has 122 valence electrons. The molecule has 0 bridgehead atoms. The summed E-state index contributed by atoms with van der Waals surface area (Å²) in [6.07, 6.45) is 2.64. The topological polar surface area (TPSA) is 54.9 Å². The maximum Gasteiger partial charge on any atom is 0.224 e. The molecule has 2 aromatic rings. The van der Waals surface area contributed by atoms with Crippen LogP contribution in [0.1, 0.15) is 23.4 Å². The molecule has 0 aliphatic rings. The van der Waals surface area contributed by atoms with Crippen molar-refractivity contribution >= 4 is 35.0 Å². The average molecular weight is 354 g/mol. The zero-order valence-electron chi connectivity index (χ0n) is 13.1. The summed E-state index contributed by atoms with van der Waals surface area (Å²) < 4.78 is 13.8. The Labute approximate surface area is 143 Å². The minimum atomic E-state index is -0.623. The lowest BCUT2D eigenvalue weighted by molar-refractivity contribution is -0.116. The van der Waals surface area contributed by atoms with Crippen LogP contribution in [0.5, 0.6) is 0 Å². The fraction of sp³-hybridized carbons (Fsp3) is 0.312. The van der Waals surface area contributed by atoms with Gasteiger partial charge in [-0.15, -0.1) is 0 Å². The summed E-state index contributed by atoms with van der Waals surface area (Å²) >= 11 is 7.17. The zero-order valence-corrected chi connectivity index (χ0v) is 14.7. The number of nitrogens with zero attached hydrogens (tertiary/aromatic N) is 2. The van der Waals surface area contributed by atoms with Crippen LogP contribution >= 0.6 is 23.4 Å². The Morgan fingerprint density at radius 1 is 1.30 bits per heavy atom. The van der Waals surface area contributed by atoms with Crippen molar-refractivity contribution in [3.63, 3.8) is 0 Å². The predicted molar refractivity (Wildman–Crippen MR) is 91.6 cm³/mol. The number of anilines is 1. The van der Waals surface area contributed by atoms with Crippen LogP contribution in [0.4, 0.5) is 10.1 Å². The number of aromatic nitrogens is 2. The number of thioether (sulfide) groups is 1. The Balaban J connectivity index is 2.04. The predicted octanol–water partition coefficient (Wildman–Crippen LogP) is 4.18. The maximum absolute atomic E-state index is 13.8. The molecule has 7 heteroatoms. The molecule has 1 aromatic carbocycles. The summed E-state index contributed by atoms with van der Waals surface area (Å²) in [5.74, 6) is -0.901. The van der Waals surface area contributed by atoms with Gasteiger partial charge in [-0.1, -0.05) is 29.4 Å². The second kappa shape index (κ2) is 7.75. The van der Waals surface area contributed by atoms with Gasteiger partial charge in [0.25, 0.3) is 0 Å². The van der Waals surface area contributed by atoms with E-state index in [1.54, 1.807) is 6.07 Å². The molecule has 0 fully saturated rings. The molecule has 0 aliphatic heterocycles. The fourth-order valence-corrected chi connectivity index (χ4v) is 2.84. The third-order valence-electron chi connectivity index (χ3n) is 3.41. The van der Waals surface area contributed by atoms with Gasteiger partial charge in [0.05, 0.1) is 10.7 Å². The maximum atomic E-state index is 13.8. The van der Waals surface area contributed by atoms with Gasteiger partial charge >= 0.3 is 0 Å². The number of nitrogens with one attached hydrogen (secondary N) is 1. The molecule has 1 N–H and O–H groups in total. The van der Waals surface area contributed by atoms with Crippen LogP contribution in [0.15, 0.2) is 23.4 Å². The van der Waals surface area contributed by atoms with Crippen molar-refractivity contribution in [3.8, 4) is 0 Å². The first-order chi connectivity index (χ1) is 10.9. The molecular weight excluding hydrogens is 337 g/mol. The lowest BCUT2D eigenvalue weighted by atomic mass is 10.1. The number of rotatable bonds is 5. The number of aryl methyl sites for hydroxylation is 2. The van der Waals surface area contributed by atoms with Gasteiger partial charge in [0, 0.05) is 17.8 Å². The Hall–Kier alpha value is -1.66. The Morgan fingerprint density at radius 3 is 2.57 bits per heavy atom. The number of amides is 1. The second-order valence-electron chi connectivity index (χ2n) is 5.01. The molecule has 0 aliphatic carbocycles. The standard InChI is InChI=1S/C16H17ClFN3OS/c1-9-11(10(2)20-16(19-9)23-3)7-8-14(22)21-13-6-4-5-12(17)15(13)18/h4-6H,7-8H2,1-3H3,(H,21,22). The van der Waals surface area contributed by atoms with Crippen LogP contribution in [0, 0.1) is 19.7 Å². The molecule has 0 saturated heterocycles. The number of halogens is 2. The lowest BCUT2D eigenvalue weighted by Gasteiger charge is -2.11. The second-order valence-corrected chi connectivity index (χ2v) is 6.19. The van der Waals surface area contributed by atoms with E-state index in [1.165, 1.54) is 23.9 Å². The molecule has 4 nitrogen and oxygen atoms in total. The molecule has 0 spiro atoms. The highest BCUT2D eigenvalue weighted by Gasteiger charge is 2.13. The molecule has 1 amide bonds. The third kappa shape index (κ3) is 4.42. The van der Waals surface area contributed by atoms with Crippen molar-refractivity contribution in [2.75, 3.05) is 11.6 Å². The average Bonchev–Trinajstić information content (AvgIpc) is 2.50. The first-order valence-corrected chi connectivity index (χ1v) is 8.64. The van der Waals surface area contributed by atoms with Crippen LogP contribution in [0.2, 0.25) is 5.02 Å². The number of benzene rings is 1. The van der Waals surface area contributed by atoms with E-state index in [2.05, 4.69) is 15.3 Å². The highest BCUT2D eigenvalue weighted by Crippen LogP contribution is 2.22. The van der Waals surface area contributed by atoms with E-state index in [0.29, 0.717) is 11.6 Å². The first-order valence-electron chi connectivity index (χ1n) is 7.04. The van der Waals surface area contributed by atoms with E-state index in [-0.39, 0.29) is 23.0 Å². The van der Waals surface area contributed by atoms with Gasteiger partial charge in [0.15, 0.2) is 11.0 Å². The van der Waals surface area contributed by atoms with E-state index < -0.39 is 5.82 Å². The van der Waals surface area contributed by atoms with Crippen molar-refractivity contribution in [1.29, 1.82) is 0 Å². The Morgan fingerprint density at radius 2 is 1.96 bits per heavy atom. The Kier molecular flexibility index (Phi) is 5.96. The number of carbonyl (C=O) groups excluding carboxylic acids is 1. The highest BCUT2D eigenvalue weighted by molar-refractivity contribution is 7.98. The monoisotopic (exact) mass is 353 g/mol. The highest BCUT2D eigenvalue weighted by atomic mass is 35.5. The summed E-state index contributed by atoms with van der Waals surface area (Å²) in [6.45, 7) is 3.80. The molecular formula is C16H17ClFN3OS. The number of hydrogen-bond donors (Lipinski definition) is 1. The van der Waals surface area contributed by atoms with Crippen LogP contribution < -0.4 is 5.32 Å². The van der Waals surface area contributed by atoms with Crippen LogP contribution in [-0.2, 0) is 11.2 Å². The fourth-order valence-electron chi connectivity index (χ4n) is 2.21. The molecule has 1 aromatic heterocycles. The molecule has 0 atom stereocenters. The van der Waals surface area contributed by atoms with Gasteiger partial charge in [-0.25, -0.2) is 14.4 Å². The van der Waals surface area contributed by atoms with Gasteiger partial charge in [-0.3, -0.25) is 4.79 Å². The van der Waals surface area contributed by atoms with Crippen molar-refractivity contribution in [3.05, 3.63) is 46.0 Å². The van der Waals surface area contributed by atoms with E-state index in [9.17, 15) is 9.18 Å². The summed E-state index contributed by atoms with van der Waals surface area (Å²) in [7, 11) is 0. The third-order valence-corrected chi connectivity index (χ3v) is 4.25. The minimum absolute atomic E-state index is 0.0180. The van der Waals surface area contributed by atoms with Crippen molar-refractivity contribution in [2.24, 2.45) is 0 Å². The minimum Gasteiger partial charge on any atom is -0.324 e. The largest absolute Gasteiger partial charge is 0.324 e. The van der Waals surface area contributed by atoms with Gasteiger partial charge in [0.1, 0.15) is 0 Å². The quantitative estimate of drug-likeness (QED) is 0.647. The molecule has 23 heavy (non-hydrogen) atoms. The summed E-state index contributed by atoms with van der Waals surface area (Å²) in [5.41, 5.74) is 2.77.